The zero-order valence-corrected chi connectivity index (χ0v) is 13.3. The molecule has 1 heterocycles. The van der Waals surface area contributed by atoms with E-state index in [9.17, 15) is 21.6 Å². The minimum absolute atomic E-state index is 0. The van der Waals surface area contributed by atoms with Crippen LogP contribution in [0.2, 0.25) is 0 Å². The quantitative estimate of drug-likeness (QED) is 0.902. The molecular weight excluding hydrogens is 341 g/mol. The number of alkyl halides is 3. The Hall–Kier alpha value is -0.830. The van der Waals surface area contributed by atoms with Crippen molar-refractivity contribution in [1.82, 2.24) is 4.31 Å². The molecule has 0 amide bonds. The van der Waals surface area contributed by atoms with Gasteiger partial charge in [0.1, 0.15) is 0 Å². The zero-order valence-electron chi connectivity index (χ0n) is 11.7. The van der Waals surface area contributed by atoms with Gasteiger partial charge in [-0.2, -0.15) is 17.5 Å². The van der Waals surface area contributed by atoms with E-state index in [2.05, 4.69) is 0 Å². The van der Waals surface area contributed by atoms with Gasteiger partial charge in [0.05, 0.1) is 11.3 Å². The summed E-state index contributed by atoms with van der Waals surface area (Å²) in [5.41, 5.74) is 5.80. The fourth-order valence-electron chi connectivity index (χ4n) is 2.35. The van der Waals surface area contributed by atoms with Crippen molar-refractivity contribution >= 4 is 22.4 Å². The molecule has 0 radical (unpaired) electrons. The van der Waals surface area contributed by atoms with Gasteiger partial charge in [0.2, 0.25) is 10.0 Å². The predicted octanol–water partition coefficient (Wildman–Crippen LogP) is 2.33. The van der Waals surface area contributed by atoms with E-state index in [1.54, 1.807) is 0 Å². The van der Waals surface area contributed by atoms with Crippen LogP contribution in [0.3, 0.4) is 0 Å². The van der Waals surface area contributed by atoms with Crippen molar-refractivity contribution in [2.24, 2.45) is 5.73 Å². The van der Waals surface area contributed by atoms with Crippen LogP contribution in [-0.2, 0) is 16.4 Å². The largest absolute Gasteiger partial charge is 0.393 e. The molecule has 2 rings (SSSR count). The molecule has 0 saturated carbocycles. The lowest BCUT2D eigenvalue weighted by molar-refractivity contribution is -0.127. The monoisotopic (exact) mass is 358 g/mol. The van der Waals surface area contributed by atoms with Gasteiger partial charge in [-0.15, -0.1) is 12.4 Å². The summed E-state index contributed by atoms with van der Waals surface area (Å²) < 4.78 is 62.9. The van der Waals surface area contributed by atoms with Gasteiger partial charge < -0.3 is 5.73 Å². The lowest BCUT2D eigenvalue weighted by Gasteiger charge is -2.29. The van der Waals surface area contributed by atoms with Gasteiger partial charge >= 0.3 is 6.18 Å². The first kappa shape index (κ1) is 19.2. The van der Waals surface area contributed by atoms with Crippen LogP contribution in [0.4, 0.5) is 13.2 Å². The number of sulfonamides is 1. The molecule has 1 aromatic carbocycles. The average Bonchev–Trinajstić information content (AvgIpc) is 2.37. The van der Waals surface area contributed by atoms with E-state index in [4.69, 9.17) is 5.73 Å². The molecule has 1 fully saturated rings. The molecule has 0 bridgehead atoms. The molecular formula is C13H18ClF3N2O2S. The fraction of sp³-hybridized carbons (Fsp3) is 0.538. The molecule has 0 spiro atoms. The molecule has 0 aliphatic carbocycles. The van der Waals surface area contributed by atoms with Crippen molar-refractivity contribution in [3.05, 3.63) is 29.8 Å². The Morgan fingerprint density at radius 3 is 2.32 bits per heavy atom. The maximum atomic E-state index is 12.4. The second kappa shape index (κ2) is 7.16. The molecule has 1 aliphatic rings. The van der Waals surface area contributed by atoms with Gasteiger partial charge in [-0.05, 0) is 30.5 Å². The zero-order chi connectivity index (χ0) is 15.7. The van der Waals surface area contributed by atoms with E-state index in [1.165, 1.54) is 28.6 Å². The number of piperidine rings is 1. The summed E-state index contributed by atoms with van der Waals surface area (Å²) in [6.07, 6.45) is -3.91. The fourth-order valence-corrected chi connectivity index (χ4v) is 3.89. The molecule has 2 N–H and O–H groups in total. The Labute approximate surface area is 133 Å². The van der Waals surface area contributed by atoms with Gasteiger partial charge in [-0.1, -0.05) is 12.1 Å². The van der Waals surface area contributed by atoms with Crippen molar-refractivity contribution in [3.63, 3.8) is 0 Å². The third-order valence-electron chi connectivity index (χ3n) is 3.39. The van der Waals surface area contributed by atoms with Crippen LogP contribution in [0.1, 0.15) is 18.4 Å². The molecule has 1 aliphatic heterocycles. The SMILES string of the molecule is Cl.NC1CCCN(S(=O)(=O)c2ccc(CC(F)(F)F)cc2)C1. The summed E-state index contributed by atoms with van der Waals surface area (Å²) in [7, 11) is -3.68. The minimum Gasteiger partial charge on any atom is -0.327 e. The van der Waals surface area contributed by atoms with Crippen molar-refractivity contribution < 1.29 is 21.6 Å². The van der Waals surface area contributed by atoms with E-state index in [-0.39, 0.29) is 35.5 Å². The topological polar surface area (TPSA) is 63.4 Å². The number of benzene rings is 1. The summed E-state index contributed by atoms with van der Waals surface area (Å²) in [6.45, 7) is 0.632. The van der Waals surface area contributed by atoms with Crippen molar-refractivity contribution in [1.29, 1.82) is 0 Å². The van der Waals surface area contributed by atoms with E-state index in [0.717, 1.165) is 6.42 Å². The van der Waals surface area contributed by atoms with Gasteiger partial charge in [0.15, 0.2) is 0 Å². The number of nitrogens with zero attached hydrogens (tertiary/aromatic N) is 1. The average molecular weight is 359 g/mol. The number of hydrogen-bond acceptors (Lipinski definition) is 3. The van der Waals surface area contributed by atoms with Gasteiger partial charge in [0.25, 0.3) is 0 Å². The van der Waals surface area contributed by atoms with Crippen LogP contribution >= 0.6 is 12.4 Å². The summed E-state index contributed by atoms with van der Waals surface area (Å²) >= 11 is 0. The minimum atomic E-state index is -4.31. The maximum absolute atomic E-state index is 12.4. The van der Waals surface area contributed by atoms with Crippen LogP contribution in [0, 0.1) is 0 Å². The maximum Gasteiger partial charge on any atom is 0.393 e. The molecule has 1 atom stereocenters. The molecule has 1 saturated heterocycles. The highest BCUT2D eigenvalue weighted by atomic mass is 35.5. The molecule has 9 heteroatoms. The number of hydrogen-bond donors (Lipinski definition) is 1. The second-order valence-electron chi connectivity index (χ2n) is 5.20. The molecule has 1 aromatic rings. The molecule has 22 heavy (non-hydrogen) atoms. The molecule has 126 valence electrons. The number of rotatable bonds is 3. The van der Waals surface area contributed by atoms with E-state index >= 15 is 0 Å². The molecule has 1 unspecified atom stereocenters. The Bertz CT molecular complexity index is 590. The number of halogens is 4. The van der Waals surface area contributed by atoms with Gasteiger partial charge in [-0.3, -0.25) is 0 Å². The Balaban J connectivity index is 0.00000242. The molecule has 4 nitrogen and oxygen atoms in total. The predicted molar refractivity (Wildman–Crippen MR) is 79.4 cm³/mol. The summed E-state index contributed by atoms with van der Waals surface area (Å²) in [5, 5.41) is 0. The summed E-state index contributed by atoms with van der Waals surface area (Å²) in [4.78, 5) is 0.00234. The highest BCUT2D eigenvalue weighted by molar-refractivity contribution is 7.89. The van der Waals surface area contributed by atoms with E-state index in [1.807, 2.05) is 0 Å². The highest BCUT2D eigenvalue weighted by Crippen LogP contribution is 2.24. The lowest BCUT2D eigenvalue weighted by Crippen LogP contribution is -2.45. The first-order chi connectivity index (χ1) is 9.68. The second-order valence-corrected chi connectivity index (χ2v) is 7.14. The first-order valence-electron chi connectivity index (χ1n) is 6.60. The van der Waals surface area contributed by atoms with Crippen molar-refractivity contribution in [2.75, 3.05) is 13.1 Å². The highest BCUT2D eigenvalue weighted by Gasteiger charge is 2.30. The van der Waals surface area contributed by atoms with Gasteiger partial charge in [-0.25, -0.2) is 8.42 Å². The lowest BCUT2D eigenvalue weighted by atomic mass is 10.1. The summed E-state index contributed by atoms with van der Waals surface area (Å²) in [6, 6.07) is 4.64. The van der Waals surface area contributed by atoms with Crippen LogP contribution in [0.15, 0.2) is 29.2 Å². The van der Waals surface area contributed by atoms with E-state index in [0.29, 0.717) is 13.0 Å². The Morgan fingerprint density at radius 1 is 1.23 bits per heavy atom. The van der Waals surface area contributed by atoms with Crippen LogP contribution in [0.5, 0.6) is 0 Å². The summed E-state index contributed by atoms with van der Waals surface area (Å²) in [5.74, 6) is 0. The van der Waals surface area contributed by atoms with Gasteiger partial charge in [0, 0.05) is 19.1 Å². The van der Waals surface area contributed by atoms with Crippen molar-refractivity contribution in [3.8, 4) is 0 Å². The van der Waals surface area contributed by atoms with Crippen molar-refractivity contribution in [2.45, 2.75) is 36.4 Å². The Kier molecular flexibility index (Phi) is 6.26. The first-order valence-corrected chi connectivity index (χ1v) is 8.04. The third-order valence-corrected chi connectivity index (χ3v) is 5.27. The standard InChI is InChI=1S/C13H17F3N2O2S.ClH/c14-13(15,16)8-10-3-5-12(6-4-10)21(19,20)18-7-1-2-11(17)9-18;/h3-6,11H,1-2,7-9,17H2;1H. The normalized spacial score (nSPS) is 20.5. The molecule has 0 aromatic heterocycles. The van der Waals surface area contributed by atoms with Crippen LogP contribution in [-0.4, -0.2) is 38.0 Å². The Morgan fingerprint density at radius 2 is 1.82 bits per heavy atom. The smallest absolute Gasteiger partial charge is 0.327 e. The third kappa shape index (κ3) is 4.84. The van der Waals surface area contributed by atoms with Crippen LogP contribution < -0.4 is 5.73 Å². The van der Waals surface area contributed by atoms with Crippen LogP contribution in [0.25, 0.3) is 0 Å². The van der Waals surface area contributed by atoms with E-state index < -0.39 is 22.6 Å². The number of nitrogens with two attached hydrogens (primary N) is 1.